The molecule has 0 spiro atoms. The molecule has 15 heavy (non-hydrogen) atoms. The van der Waals surface area contributed by atoms with E-state index in [4.69, 9.17) is 10.8 Å². The zero-order chi connectivity index (χ0) is 11.3. The van der Waals surface area contributed by atoms with Crippen molar-refractivity contribution in [3.63, 3.8) is 0 Å². The molecule has 0 fully saturated rings. The van der Waals surface area contributed by atoms with Crippen LogP contribution in [0.2, 0.25) is 0 Å². The van der Waals surface area contributed by atoms with Crippen molar-refractivity contribution in [3.8, 4) is 0 Å². The Balaban J connectivity index is 2.28. The average Bonchev–Trinajstić information content (AvgIpc) is 2.58. The lowest BCUT2D eigenvalue weighted by atomic mass is 10.1. The number of hydrogen-bond donors (Lipinski definition) is 2. The highest BCUT2D eigenvalue weighted by Gasteiger charge is 2.10. The molecule has 0 aromatic carbocycles. The van der Waals surface area contributed by atoms with Crippen molar-refractivity contribution < 1.29 is 9.90 Å². The summed E-state index contributed by atoms with van der Waals surface area (Å²) in [6.45, 7) is 2.06. The molecule has 1 aromatic rings. The summed E-state index contributed by atoms with van der Waals surface area (Å²) in [6, 6.07) is 2.13. The van der Waals surface area contributed by atoms with E-state index in [2.05, 4.69) is 13.0 Å². The SMILES string of the molecule is Cc1ccsc1C(N)CCCCC(=O)O. The summed E-state index contributed by atoms with van der Waals surface area (Å²) >= 11 is 1.68. The van der Waals surface area contributed by atoms with E-state index in [0.29, 0.717) is 6.42 Å². The van der Waals surface area contributed by atoms with E-state index in [1.54, 1.807) is 11.3 Å². The highest BCUT2D eigenvalue weighted by atomic mass is 32.1. The third kappa shape index (κ3) is 4.01. The Labute approximate surface area is 93.9 Å². The van der Waals surface area contributed by atoms with Crippen LogP contribution >= 0.6 is 11.3 Å². The van der Waals surface area contributed by atoms with Gasteiger partial charge in [-0.25, -0.2) is 0 Å². The molecule has 0 aliphatic carbocycles. The van der Waals surface area contributed by atoms with E-state index in [1.807, 2.05) is 5.38 Å². The van der Waals surface area contributed by atoms with Crippen LogP contribution in [-0.2, 0) is 4.79 Å². The number of carbonyl (C=O) groups is 1. The first-order valence-corrected chi connectivity index (χ1v) is 6.00. The molecule has 1 atom stereocenters. The van der Waals surface area contributed by atoms with Crippen molar-refractivity contribution in [2.75, 3.05) is 0 Å². The number of hydrogen-bond acceptors (Lipinski definition) is 3. The molecule has 0 radical (unpaired) electrons. The van der Waals surface area contributed by atoms with Crippen molar-refractivity contribution in [3.05, 3.63) is 21.9 Å². The van der Waals surface area contributed by atoms with Gasteiger partial charge in [0.1, 0.15) is 0 Å². The third-order valence-electron chi connectivity index (χ3n) is 2.39. The van der Waals surface area contributed by atoms with Crippen LogP contribution in [0.3, 0.4) is 0 Å². The molecule has 3 nitrogen and oxygen atoms in total. The summed E-state index contributed by atoms with van der Waals surface area (Å²) in [5.41, 5.74) is 7.26. The molecule has 4 heteroatoms. The van der Waals surface area contributed by atoms with Gasteiger partial charge >= 0.3 is 5.97 Å². The summed E-state index contributed by atoms with van der Waals surface area (Å²) in [7, 11) is 0. The molecule has 0 saturated carbocycles. The number of nitrogens with two attached hydrogens (primary N) is 1. The van der Waals surface area contributed by atoms with Crippen LogP contribution in [-0.4, -0.2) is 11.1 Å². The summed E-state index contributed by atoms with van der Waals surface area (Å²) < 4.78 is 0. The number of carboxylic acid groups (broad SMARTS) is 1. The van der Waals surface area contributed by atoms with Crippen LogP contribution in [0.25, 0.3) is 0 Å². The van der Waals surface area contributed by atoms with E-state index in [-0.39, 0.29) is 12.5 Å². The smallest absolute Gasteiger partial charge is 0.303 e. The van der Waals surface area contributed by atoms with Gasteiger partial charge in [0, 0.05) is 17.3 Å². The lowest BCUT2D eigenvalue weighted by Crippen LogP contribution is -2.09. The Morgan fingerprint density at radius 1 is 1.60 bits per heavy atom. The second kappa shape index (κ2) is 5.88. The van der Waals surface area contributed by atoms with Crippen LogP contribution < -0.4 is 5.73 Å². The number of aryl methyl sites for hydroxylation is 1. The second-order valence-electron chi connectivity index (χ2n) is 3.71. The number of carboxylic acids is 1. The zero-order valence-corrected chi connectivity index (χ0v) is 9.72. The van der Waals surface area contributed by atoms with Gasteiger partial charge in [-0.05, 0) is 36.8 Å². The fourth-order valence-corrected chi connectivity index (χ4v) is 2.50. The number of aliphatic carboxylic acids is 1. The maximum Gasteiger partial charge on any atom is 0.303 e. The maximum atomic E-state index is 10.3. The fourth-order valence-electron chi connectivity index (χ4n) is 1.54. The Morgan fingerprint density at radius 2 is 2.33 bits per heavy atom. The van der Waals surface area contributed by atoms with Crippen molar-refractivity contribution in [2.45, 2.75) is 38.6 Å². The average molecular weight is 227 g/mol. The van der Waals surface area contributed by atoms with Gasteiger partial charge in [0.25, 0.3) is 0 Å². The van der Waals surface area contributed by atoms with Crippen LogP contribution in [0.15, 0.2) is 11.4 Å². The lowest BCUT2D eigenvalue weighted by molar-refractivity contribution is -0.137. The quantitative estimate of drug-likeness (QED) is 0.734. The van der Waals surface area contributed by atoms with E-state index in [1.165, 1.54) is 10.4 Å². The number of thiophene rings is 1. The Morgan fingerprint density at radius 3 is 2.87 bits per heavy atom. The molecule has 1 rings (SSSR count). The molecule has 1 heterocycles. The zero-order valence-electron chi connectivity index (χ0n) is 8.90. The van der Waals surface area contributed by atoms with E-state index >= 15 is 0 Å². The summed E-state index contributed by atoms with van der Waals surface area (Å²) in [5.74, 6) is -0.726. The highest BCUT2D eigenvalue weighted by Crippen LogP contribution is 2.25. The first-order valence-electron chi connectivity index (χ1n) is 5.12. The molecule has 1 aromatic heterocycles. The summed E-state index contributed by atoms with van der Waals surface area (Å²) in [6.07, 6.45) is 2.71. The van der Waals surface area contributed by atoms with Gasteiger partial charge < -0.3 is 10.8 Å². The normalized spacial score (nSPS) is 12.7. The van der Waals surface area contributed by atoms with Gasteiger partial charge in [0.15, 0.2) is 0 Å². The lowest BCUT2D eigenvalue weighted by Gasteiger charge is -2.10. The molecule has 1 unspecified atom stereocenters. The minimum atomic E-state index is -0.726. The van der Waals surface area contributed by atoms with Gasteiger partial charge in [-0.2, -0.15) is 0 Å². The van der Waals surface area contributed by atoms with Crippen molar-refractivity contribution in [1.29, 1.82) is 0 Å². The van der Waals surface area contributed by atoms with Gasteiger partial charge in [-0.15, -0.1) is 11.3 Å². The van der Waals surface area contributed by atoms with Gasteiger partial charge in [-0.1, -0.05) is 6.42 Å². The Hall–Kier alpha value is -0.870. The van der Waals surface area contributed by atoms with Crippen molar-refractivity contribution >= 4 is 17.3 Å². The molecule has 0 aliphatic rings. The highest BCUT2D eigenvalue weighted by molar-refractivity contribution is 7.10. The van der Waals surface area contributed by atoms with E-state index in [9.17, 15) is 4.79 Å². The van der Waals surface area contributed by atoms with Crippen LogP contribution in [0.1, 0.15) is 42.2 Å². The van der Waals surface area contributed by atoms with Crippen LogP contribution in [0.4, 0.5) is 0 Å². The molecule has 0 amide bonds. The van der Waals surface area contributed by atoms with Gasteiger partial charge in [0.2, 0.25) is 0 Å². The Bertz CT molecular complexity index is 322. The fraction of sp³-hybridized carbons (Fsp3) is 0.545. The predicted octanol–water partition coefficient (Wildman–Crippen LogP) is 2.70. The monoisotopic (exact) mass is 227 g/mol. The molecular formula is C11H17NO2S. The number of rotatable bonds is 6. The topological polar surface area (TPSA) is 63.3 Å². The summed E-state index contributed by atoms with van der Waals surface area (Å²) in [4.78, 5) is 11.5. The summed E-state index contributed by atoms with van der Waals surface area (Å²) in [5, 5.41) is 10.5. The van der Waals surface area contributed by atoms with Crippen molar-refractivity contribution in [2.24, 2.45) is 5.73 Å². The van der Waals surface area contributed by atoms with Crippen LogP contribution in [0.5, 0.6) is 0 Å². The third-order valence-corrected chi connectivity index (χ3v) is 3.55. The first-order chi connectivity index (χ1) is 7.11. The second-order valence-corrected chi connectivity index (χ2v) is 4.66. The van der Waals surface area contributed by atoms with Crippen molar-refractivity contribution in [1.82, 2.24) is 0 Å². The standard InChI is InChI=1S/C11H17NO2S/c1-8-6-7-15-11(8)9(12)4-2-3-5-10(13)14/h6-7,9H,2-5,12H2,1H3,(H,13,14). The molecule has 3 N–H and O–H groups in total. The van der Waals surface area contributed by atoms with Gasteiger partial charge in [0.05, 0.1) is 0 Å². The predicted molar refractivity (Wildman–Crippen MR) is 62.1 cm³/mol. The molecule has 0 aliphatic heterocycles. The molecule has 0 saturated heterocycles. The molecular weight excluding hydrogens is 210 g/mol. The maximum absolute atomic E-state index is 10.3. The molecule has 84 valence electrons. The van der Waals surface area contributed by atoms with Crippen LogP contribution in [0, 0.1) is 6.92 Å². The number of unbranched alkanes of at least 4 members (excludes halogenated alkanes) is 1. The van der Waals surface area contributed by atoms with E-state index in [0.717, 1.165) is 12.8 Å². The minimum Gasteiger partial charge on any atom is -0.481 e. The minimum absolute atomic E-state index is 0.0683. The van der Waals surface area contributed by atoms with Gasteiger partial charge in [-0.3, -0.25) is 4.79 Å². The Kier molecular flexibility index (Phi) is 4.78. The molecule has 0 bridgehead atoms. The largest absolute Gasteiger partial charge is 0.481 e. The first kappa shape index (κ1) is 12.2. The van der Waals surface area contributed by atoms with E-state index < -0.39 is 5.97 Å².